The standard InChI is InChI=1S/C8H12N4S/c1-6(2)11-8(13)12-7-3-9-5-10-4-7/h3-6H,1-2H3,(H2,11,12,13). The first-order valence-corrected chi connectivity index (χ1v) is 4.42. The molecule has 0 aliphatic heterocycles. The molecule has 1 aromatic heterocycles. The number of aromatic nitrogens is 2. The molecular formula is C8H12N4S. The van der Waals surface area contributed by atoms with E-state index in [-0.39, 0.29) is 0 Å². The summed E-state index contributed by atoms with van der Waals surface area (Å²) in [6, 6.07) is 0.324. The third kappa shape index (κ3) is 3.80. The molecule has 0 aliphatic rings. The molecule has 0 atom stereocenters. The Kier molecular flexibility index (Phi) is 3.57. The van der Waals surface area contributed by atoms with Gasteiger partial charge in [0.05, 0.1) is 18.1 Å². The van der Waals surface area contributed by atoms with E-state index in [2.05, 4.69) is 20.6 Å². The van der Waals surface area contributed by atoms with Crippen molar-refractivity contribution in [1.82, 2.24) is 15.3 Å². The van der Waals surface area contributed by atoms with E-state index in [9.17, 15) is 0 Å². The fourth-order valence-corrected chi connectivity index (χ4v) is 1.15. The van der Waals surface area contributed by atoms with E-state index < -0.39 is 0 Å². The second-order valence-electron chi connectivity index (χ2n) is 2.88. The molecule has 2 N–H and O–H groups in total. The maximum Gasteiger partial charge on any atom is 0.171 e. The smallest absolute Gasteiger partial charge is 0.171 e. The molecule has 0 aromatic carbocycles. The summed E-state index contributed by atoms with van der Waals surface area (Å²) in [5, 5.41) is 6.61. The number of rotatable bonds is 2. The van der Waals surface area contributed by atoms with E-state index in [1.165, 1.54) is 6.33 Å². The van der Waals surface area contributed by atoms with Crippen LogP contribution in [0.15, 0.2) is 18.7 Å². The second kappa shape index (κ2) is 4.71. The maximum absolute atomic E-state index is 5.03. The van der Waals surface area contributed by atoms with Gasteiger partial charge >= 0.3 is 0 Å². The topological polar surface area (TPSA) is 49.8 Å². The van der Waals surface area contributed by atoms with Crippen LogP contribution in [0.5, 0.6) is 0 Å². The van der Waals surface area contributed by atoms with E-state index in [0.717, 1.165) is 5.69 Å². The first kappa shape index (κ1) is 9.85. The van der Waals surface area contributed by atoms with Gasteiger partial charge in [0.25, 0.3) is 0 Å². The van der Waals surface area contributed by atoms with Crippen LogP contribution < -0.4 is 10.6 Å². The Labute approximate surface area is 82.8 Å². The second-order valence-corrected chi connectivity index (χ2v) is 3.29. The lowest BCUT2D eigenvalue weighted by Gasteiger charge is -2.12. The Morgan fingerprint density at radius 3 is 2.54 bits per heavy atom. The predicted octanol–water partition coefficient (Wildman–Crippen LogP) is 1.17. The summed E-state index contributed by atoms with van der Waals surface area (Å²) in [6.07, 6.45) is 4.81. The van der Waals surface area contributed by atoms with Gasteiger partial charge in [-0.3, -0.25) is 0 Å². The average Bonchev–Trinajstić information content (AvgIpc) is 2.04. The van der Waals surface area contributed by atoms with Crippen molar-refractivity contribution < 1.29 is 0 Å². The molecule has 13 heavy (non-hydrogen) atoms. The van der Waals surface area contributed by atoms with Gasteiger partial charge in [0.2, 0.25) is 0 Å². The summed E-state index contributed by atoms with van der Waals surface area (Å²) in [7, 11) is 0. The molecule has 0 saturated carbocycles. The average molecular weight is 196 g/mol. The molecule has 0 radical (unpaired) electrons. The zero-order chi connectivity index (χ0) is 9.68. The Bertz CT molecular complexity index is 273. The molecule has 0 bridgehead atoms. The number of hydrogen-bond donors (Lipinski definition) is 2. The van der Waals surface area contributed by atoms with Gasteiger partial charge in [0.15, 0.2) is 5.11 Å². The van der Waals surface area contributed by atoms with Gasteiger partial charge < -0.3 is 10.6 Å². The molecule has 1 heterocycles. The van der Waals surface area contributed by atoms with Crippen molar-refractivity contribution in [3.05, 3.63) is 18.7 Å². The summed E-state index contributed by atoms with van der Waals surface area (Å²) in [6.45, 7) is 4.05. The largest absolute Gasteiger partial charge is 0.360 e. The molecule has 0 amide bonds. The predicted molar refractivity (Wildman–Crippen MR) is 56.5 cm³/mol. The van der Waals surface area contributed by atoms with Crippen LogP contribution in [0.1, 0.15) is 13.8 Å². The van der Waals surface area contributed by atoms with Crippen LogP contribution in [-0.2, 0) is 0 Å². The molecule has 1 rings (SSSR count). The summed E-state index contributed by atoms with van der Waals surface area (Å²) in [4.78, 5) is 7.71. The highest BCUT2D eigenvalue weighted by Crippen LogP contribution is 1.99. The molecule has 0 unspecified atom stereocenters. The lowest BCUT2D eigenvalue weighted by atomic mass is 10.4. The first-order chi connectivity index (χ1) is 6.18. The zero-order valence-electron chi connectivity index (χ0n) is 7.61. The third-order valence-electron chi connectivity index (χ3n) is 1.24. The van der Waals surface area contributed by atoms with Crippen molar-refractivity contribution in [2.24, 2.45) is 0 Å². The van der Waals surface area contributed by atoms with Gasteiger partial charge in [-0.2, -0.15) is 0 Å². The van der Waals surface area contributed by atoms with Crippen molar-refractivity contribution in [3.8, 4) is 0 Å². The lowest BCUT2D eigenvalue weighted by molar-refractivity contribution is 0.739. The summed E-state index contributed by atoms with van der Waals surface area (Å²) < 4.78 is 0. The van der Waals surface area contributed by atoms with E-state index in [0.29, 0.717) is 11.2 Å². The molecule has 1 aromatic rings. The molecule has 0 fully saturated rings. The van der Waals surface area contributed by atoms with E-state index in [1.807, 2.05) is 13.8 Å². The molecule has 0 spiro atoms. The Morgan fingerprint density at radius 2 is 2.00 bits per heavy atom. The molecular weight excluding hydrogens is 184 g/mol. The van der Waals surface area contributed by atoms with Crippen LogP contribution in [0.2, 0.25) is 0 Å². The summed E-state index contributed by atoms with van der Waals surface area (Å²) in [5.41, 5.74) is 0.792. The van der Waals surface area contributed by atoms with Crippen molar-refractivity contribution in [3.63, 3.8) is 0 Å². The van der Waals surface area contributed by atoms with Crippen LogP contribution in [-0.4, -0.2) is 21.1 Å². The summed E-state index contributed by atoms with van der Waals surface area (Å²) >= 11 is 5.03. The lowest BCUT2D eigenvalue weighted by Crippen LogP contribution is -2.33. The van der Waals surface area contributed by atoms with Gasteiger partial charge in [-0.25, -0.2) is 9.97 Å². The van der Waals surface area contributed by atoms with E-state index in [1.54, 1.807) is 12.4 Å². The number of thiocarbonyl (C=S) groups is 1. The number of nitrogens with one attached hydrogen (secondary N) is 2. The van der Waals surface area contributed by atoms with Crippen molar-refractivity contribution in [2.45, 2.75) is 19.9 Å². The van der Waals surface area contributed by atoms with Crippen LogP contribution in [0.3, 0.4) is 0 Å². The van der Waals surface area contributed by atoms with Gasteiger partial charge in [0.1, 0.15) is 6.33 Å². The molecule has 0 saturated heterocycles. The van der Waals surface area contributed by atoms with Crippen molar-refractivity contribution in [2.75, 3.05) is 5.32 Å². The molecule has 0 aliphatic carbocycles. The van der Waals surface area contributed by atoms with Crippen molar-refractivity contribution >= 4 is 23.0 Å². The Hall–Kier alpha value is -1.23. The van der Waals surface area contributed by atoms with Gasteiger partial charge in [-0.1, -0.05) is 0 Å². The van der Waals surface area contributed by atoms with Gasteiger partial charge in [0, 0.05) is 6.04 Å². The van der Waals surface area contributed by atoms with Crippen LogP contribution in [0.25, 0.3) is 0 Å². The molecule has 5 heteroatoms. The highest BCUT2D eigenvalue weighted by Gasteiger charge is 1.98. The fourth-order valence-electron chi connectivity index (χ4n) is 0.793. The van der Waals surface area contributed by atoms with Crippen molar-refractivity contribution in [1.29, 1.82) is 0 Å². The SMILES string of the molecule is CC(C)NC(=S)Nc1cncnc1. The zero-order valence-corrected chi connectivity index (χ0v) is 8.43. The van der Waals surface area contributed by atoms with Crippen LogP contribution in [0.4, 0.5) is 5.69 Å². The van der Waals surface area contributed by atoms with E-state index >= 15 is 0 Å². The molecule has 4 nitrogen and oxygen atoms in total. The van der Waals surface area contributed by atoms with Gasteiger partial charge in [-0.15, -0.1) is 0 Å². The van der Waals surface area contributed by atoms with Gasteiger partial charge in [-0.05, 0) is 26.1 Å². The summed E-state index contributed by atoms with van der Waals surface area (Å²) in [5.74, 6) is 0. The molecule has 70 valence electrons. The number of nitrogens with zero attached hydrogens (tertiary/aromatic N) is 2. The Balaban J connectivity index is 2.46. The fraction of sp³-hybridized carbons (Fsp3) is 0.375. The highest BCUT2D eigenvalue weighted by molar-refractivity contribution is 7.80. The normalized spacial score (nSPS) is 9.77. The third-order valence-corrected chi connectivity index (χ3v) is 1.46. The van der Waals surface area contributed by atoms with Crippen LogP contribution >= 0.6 is 12.2 Å². The Morgan fingerprint density at radius 1 is 1.38 bits per heavy atom. The number of anilines is 1. The van der Waals surface area contributed by atoms with Crippen LogP contribution in [0, 0.1) is 0 Å². The van der Waals surface area contributed by atoms with E-state index in [4.69, 9.17) is 12.2 Å². The highest BCUT2D eigenvalue weighted by atomic mass is 32.1. The minimum atomic E-state index is 0.324. The monoisotopic (exact) mass is 196 g/mol. The quantitative estimate of drug-likeness (QED) is 0.695. The number of hydrogen-bond acceptors (Lipinski definition) is 3. The minimum absolute atomic E-state index is 0.324. The first-order valence-electron chi connectivity index (χ1n) is 4.01. The maximum atomic E-state index is 5.03. The minimum Gasteiger partial charge on any atom is -0.360 e.